The predicted octanol–water partition coefficient (Wildman–Crippen LogP) is 1.06. The Labute approximate surface area is 103 Å². The second-order valence-electron chi connectivity index (χ2n) is 6.31. The summed E-state index contributed by atoms with van der Waals surface area (Å²) in [5.74, 6) is 0. The zero-order chi connectivity index (χ0) is 12.5. The van der Waals surface area contributed by atoms with Gasteiger partial charge in [0.05, 0.1) is 18.8 Å². The predicted molar refractivity (Wildman–Crippen MR) is 65.7 cm³/mol. The molecule has 0 spiro atoms. The molecule has 3 N–H and O–H groups in total. The highest BCUT2D eigenvalue weighted by Crippen LogP contribution is 2.42. The molecule has 2 aliphatic rings. The Balaban J connectivity index is 1.96. The van der Waals surface area contributed by atoms with Gasteiger partial charge >= 0.3 is 0 Å². The lowest BCUT2D eigenvalue weighted by molar-refractivity contribution is -0.141. The van der Waals surface area contributed by atoms with Gasteiger partial charge < -0.3 is 20.3 Å². The van der Waals surface area contributed by atoms with Crippen LogP contribution in [0.2, 0.25) is 0 Å². The van der Waals surface area contributed by atoms with Gasteiger partial charge in [0.25, 0.3) is 0 Å². The van der Waals surface area contributed by atoms with Gasteiger partial charge in [0.15, 0.2) is 0 Å². The molecule has 0 aromatic heterocycles. The molecule has 0 aromatic rings. The summed E-state index contributed by atoms with van der Waals surface area (Å²) in [4.78, 5) is 0. The van der Waals surface area contributed by atoms with Gasteiger partial charge in [-0.3, -0.25) is 0 Å². The standard InChI is InChI=1S/C13H25NO3/c1-12(2)3-5-13(9-14,6-4-12)17-11-8-16-7-10(11)15/h10-11,15H,3-9,14H2,1-2H3. The average molecular weight is 243 g/mol. The van der Waals surface area contributed by atoms with E-state index in [1.54, 1.807) is 0 Å². The third-order valence-electron chi connectivity index (χ3n) is 4.29. The second kappa shape index (κ2) is 4.84. The van der Waals surface area contributed by atoms with Gasteiger partial charge in [-0.25, -0.2) is 0 Å². The van der Waals surface area contributed by atoms with Gasteiger partial charge in [-0.1, -0.05) is 13.8 Å². The highest BCUT2D eigenvalue weighted by molar-refractivity contribution is 4.93. The van der Waals surface area contributed by atoms with Crippen molar-refractivity contribution in [1.82, 2.24) is 0 Å². The van der Waals surface area contributed by atoms with E-state index in [1.165, 1.54) is 0 Å². The van der Waals surface area contributed by atoms with Crippen molar-refractivity contribution in [3.63, 3.8) is 0 Å². The van der Waals surface area contributed by atoms with Gasteiger partial charge in [-0.05, 0) is 31.1 Å². The number of hydrogen-bond donors (Lipinski definition) is 2. The zero-order valence-corrected chi connectivity index (χ0v) is 10.9. The smallest absolute Gasteiger partial charge is 0.110 e. The molecule has 2 rings (SSSR count). The molecule has 2 fully saturated rings. The van der Waals surface area contributed by atoms with E-state index < -0.39 is 6.10 Å². The summed E-state index contributed by atoms with van der Waals surface area (Å²) >= 11 is 0. The molecule has 1 aliphatic heterocycles. The third kappa shape index (κ3) is 2.99. The fourth-order valence-electron chi connectivity index (χ4n) is 2.71. The summed E-state index contributed by atoms with van der Waals surface area (Å²) in [7, 11) is 0. The van der Waals surface area contributed by atoms with Gasteiger partial charge in [0.2, 0.25) is 0 Å². The largest absolute Gasteiger partial charge is 0.388 e. The normalized spacial score (nSPS) is 36.0. The van der Waals surface area contributed by atoms with Crippen LogP contribution in [-0.2, 0) is 9.47 Å². The first-order valence-electron chi connectivity index (χ1n) is 6.60. The van der Waals surface area contributed by atoms with E-state index in [9.17, 15) is 5.11 Å². The van der Waals surface area contributed by atoms with Crippen LogP contribution >= 0.6 is 0 Å². The highest BCUT2D eigenvalue weighted by Gasteiger charge is 2.42. The third-order valence-corrected chi connectivity index (χ3v) is 4.29. The van der Waals surface area contributed by atoms with Gasteiger partial charge in [-0.2, -0.15) is 0 Å². The van der Waals surface area contributed by atoms with Crippen LogP contribution in [0.25, 0.3) is 0 Å². The van der Waals surface area contributed by atoms with Crippen LogP contribution < -0.4 is 5.73 Å². The van der Waals surface area contributed by atoms with Crippen LogP contribution in [0.15, 0.2) is 0 Å². The molecule has 100 valence electrons. The van der Waals surface area contributed by atoms with Crippen LogP contribution in [0.5, 0.6) is 0 Å². The molecule has 17 heavy (non-hydrogen) atoms. The van der Waals surface area contributed by atoms with E-state index in [-0.39, 0.29) is 11.7 Å². The molecule has 0 aromatic carbocycles. The molecule has 2 atom stereocenters. The molecular weight excluding hydrogens is 218 g/mol. The summed E-state index contributed by atoms with van der Waals surface area (Å²) < 4.78 is 11.3. The molecule has 4 nitrogen and oxygen atoms in total. The number of aliphatic hydroxyl groups is 1. The van der Waals surface area contributed by atoms with E-state index in [1.807, 2.05) is 0 Å². The molecule has 0 radical (unpaired) electrons. The van der Waals surface area contributed by atoms with Crippen LogP contribution in [0.1, 0.15) is 39.5 Å². The zero-order valence-electron chi connectivity index (χ0n) is 10.9. The maximum atomic E-state index is 9.74. The molecule has 1 saturated carbocycles. The minimum Gasteiger partial charge on any atom is -0.388 e. The summed E-state index contributed by atoms with van der Waals surface area (Å²) in [6.07, 6.45) is 3.55. The minimum atomic E-state index is -0.492. The van der Waals surface area contributed by atoms with E-state index >= 15 is 0 Å². The van der Waals surface area contributed by atoms with Crippen LogP contribution in [0.3, 0.4) is 0 Å². The number of rotatable bonds is 3. The van der Waals surface area contributed by atoms with Crippen LogP contribution in [-0.4, -0.2) is 42.7 Å². The SMILES string of the molecule is CC1(C)CCC(CN)(OC2COCC2O)CC1. The quantitative estimate of drug-likeness (QED) is 0.778. The fourth-order valence-corrected chi connectivity index (χ4v) is 2.71. The molecule has 1 heterocycles. The summed E-state index contributed by atoms with van der Waals surface area (Å²) in [6, 6.07) is 0. The highest BCUT2D eigenvalue weighted by atomic mass is 16.6. The summed E-state index contributed by atoms with van der Waals surface area (Å²) in [5, 5.41) is 9.74. The second-order valence-corrected chi connectivity index (χ2v) is 6.31. The van der Waals surface area contributed by atoms with Crippen LogP contribution in [0.4, 0.5) is 0 Å². The first-order chi connectivity index (χ1) is 7.96. The number of hydrogen-bond acceptors (Lipinski definition) is 4. The molecule has 0 amide bonds. The lowest BCUT2D eigenvalue weighted by Crippen LogP contribution is -2.49. The lowest BCUT2D eigenvalue weighted by Gasteiger charge is -2.44. The van der Waals surface area contributed by atoms with Crippen molar-refractivity contribution in [3.8, 4) is 0 Å². The van der Waals surface area contributed by atoms with E-state index in [0.717, 1.165) is 25.7 Å². The summed E-state index contributed by atoms with van der Waals surface area (Å²) in [5.41, 5.74) is 6.06. The van der Waals surface area contributed by atoms with Crippen molar-refractivity contribution in [2.45, 2.75) is 57.3 Å². The molecule has 0 bridgehead atoms. The lowest BCUT2D eigenvalue weighted by atomic mass is 9.71. The van der Waals surface area contributed by atoms with Crippen molar-refractivity contribution in [2.75, 3.05) is 19.8 Å². The van der Waals surface area contributed by atoms with Gasteiger partial charge in [0, 0.05) is 6.54 Å². The maximum Gasteiger partial charge on any atom is 0.110 e. The topological polar surface area (TPSA) is 64.7 Å². The molecule has 1 aliphatic carbocycles. The van der Waals surface area contributed by atoms with E-state index in [0.29, 0.717) is 25.2 Å². The first-order valence-corrected chi connectivity index (χ1v) is 6.60. The Morgan fingerprint density at radius 3 is 2.35 bits per heavy atom. The monoisotopic (exact) mass is 243 g/mol. The van der Waals surface area contributed by atoms with Crippen LogP contribution in [0, 0.1) is 5.41 Å². The van der Waals surface area contributed by atoms with Crippen molar-refractivity contribution < 1.29 is 14.6 Å². The Hall–Kier alpha value is -0.160. The van der Waals surface area contributed by atoms with E-state index in [4.69, 9.17) is 15.2 Å². The first kappa shape index (κ1) is 13.3. The summed E-state index contributed by atoms with van der Waals surface area (Å²) in [6.45, 7) is 6.00. The van der Waals surface area contributed by atoms with Crippen molar-refractivity contribution in [3.05, 3.63) is 0 Å². The Morgan fingerprint density at radius 2 is 1.88 bits per heavy atom. The Bertz CT molecular complexity index is 257. The molecule has 4 heteroatoms. The number of ether oxygens (including phenoxy) is 2. The fraction of sp³-hybridized carbons (Fsp3) is 1.00. The number of nitrogens with two attached hydrogens (primary N) is 1. The Morgan fingerprint density at radius 1 is 1.24 bits per heavy atom. The average Bonchev–Trinajstić information content (AvgIpc) is 2.68. The number of aliphatic hydroxyl groups excluding tert-OH is 1. The van der Waals surface area contributed by atoms with Gasteiger partial charge in [-0.15, -0.1) is 0 Å². The van der Waals surface area contributed by atoms with Crippen molar-refractivity contribution in [1.29, 1.82) is 0 Å². The minimum absolute atomic E-state index is 0.195. The molecule has 2 unspecified atom stereocenters. The molecular formula is C13H25NO3. The molecule has 1 saturated heterocycles. The van der Waals surface area contributed by atoms with Crippen molar-refractivity contribution >= 4 is 0 Å². The Kier molecular flexibility index (Phi) is 3.78. The van der Waals surface area contributed by atoms with E-state index in [2.05, 4.69) is 13.8 Å². The van der Waals surface area contributed by atoms with Gasteiger partial charge in [0.1, 0.15) is 12.2 Å². The van der Waals surface area contributed by atoms with Crippen molar-refractivity contribution in [2.24, 2.45) is 11.1 Å². The maximum absolute atomic E-state index is 9.74.